The summed E-state index contributed by atoms with van der Waals surface area (Å²) in [5.41, 5.74) is 3.69. The van der Waals surface area contributed by atoms with Crippen molar-refractivity contribution in [2.45, 2.75) is 20.3 Å². The van der Waals surface area contributed by atoms with Gasteiger partial charge >= 0.3 is 0 Å². The second-order valence-corrected chi connectivity index (χ2v) is 6.27. The van der Waals surface area contributed by atoms with Gasteiger partial charge in [-0.15, -0.1) is 0 Å². The van der Waals surface area contributed by atoms with E-state index in [0.717, 1.165) is 28.8 Å². The zero-order valence-corrected chi connectivity index (χ0v) is 13.4. The standard InChI is InChI=1S/C16H15Cl2N3/c1-10(2)8-13-16-15(4-3-7-19-16)21(20-13)14-6-5-11(17)9-12(14)18/h3-7,9-10H,8H2,1-2H3. The molecule has 21 heavy (non-hydrogen) atoms. The van der Waals surface area contributed by atoms with Gasteiger partial charge < -0.3 is 0 Å². The van der Waals surface area contributed by atoms with Gasteiger partial charge in [0.2, 0.25) is 0 Å². The molecule has 2 aromatic heterocycles. The van der Waals surface area contributed by atoms with Crippen LogP contribution in [0.3, 0.4) is 0 Å². The first-order valence-corrected chi connectivity index (χ1v) is 7.60. The Balaban J connectivity index is 2.23. The van der Waals surface area contributed by atoms with Gasteiger partial charge in [-0.05, 0) is 42.7 Å². The first kappa shape index (κ1) is 14.4. The van der Waals surface area contributed by atoms with Gasteiger partial charge in [0, 0.05) is 11.2 Å². The number of halogens is 2. The van der Waals surface area contributed by atoms with E-state index < -0.39 is 0 Å². The van der Waals surface area contributed by atoms with Crippen molar-refractivity contribution in [2.24, 2.45) is 5.92 Å². The molecule has 0 N–H and O–H groups in total. The maximum Gasteiger partial charge on any atom is 0.112 e. The highest BCUT2D eigenvalue weighted by atomic mass is 35.5. The molecule has 0 aliphatic rings. The molecular formula is C16H15Cl2N3. The molecule has 2 heterocycles. The van der Waals surface area contributed by atoms with E-state index in [2.05, 4.69) is 18.8 Å². The third-order valence-corrected chi connectivity index (χ3v) is 3.79. The molecule has 0 amide bonds. The van der Waals surface area contributed by atoms with Crippen molar-refractivity contribution < 1.29 is 0 Å². The number of hydrogen-bond donors (Lipinski definition) is 0. The average molecular weight is 320 g/mol. The number of fused-ring (bicyclic) bond motifs is 1. The van der Waals surface area contributed by atoms with E-state index in [1.807, 2.05) is 28.9 Å². The van der Waals surface area contributed by atoms with Crippen molar-refractivity contribution in [3.05, 3.63) is 52.3 Å². The highest BCUT2D eigenvalue weighted by Crippen LogP contribution is 2.28. The molecule has 3 rings (SSSR count). The Bertz CT molecular complexity index is 793. The van der Waals surface area contributed by atoms with E-state index in [-0.39, 0.29) is 0 Å². The first-order chi connectivity index (χ1) is 10.1. The summed E-state index contributed by atoms with van der Waals surface area (Å²) in [7, 11) is 0. The van der Waals surface area contributed by atoms with Crippen molar-refractivity contribution in [3.63, 3.8) is 0 Å². The number of aromatic nitrogens is 3. The van der Waals surface area contributed by atoms with Crippen LogP contribution in [0.5, 0.6) is 0 Å². The van der Waals surface area contributed by atoms with Crippen LogP contribution in [-0.2, 0) is 6.42 Å². The van der Waals surface area contributed by atoms with Gasteiger partial charge in [-0.25, -0.2) is 4.68 Å². The van der Waals surface area contributed by atoms with Crippen LogP contribution in [0.25, 0.3) is 16.7 Å². The number of hydrogen-bond acceptors (Lipinski definition) is 2. The van der Waals surface area contributed by atoms with Crippen molar-refractivity contribution in [1.29, 1.82) is 0 Å². The second kappa shape index (κ2) is 5.66. The fourth-order valence-electron chi connectivity index (χ4n) is 2.37. The van der Waals surface area contributed by atoms with Crippen LogP contribution < -0.4 is 0 Å². The van der Waals surface area contributed by atoms with E-state index in [9.17, 15) is 0 Å². The molecule has 0 bridgehead atoms. The molecule has 0 aliphatic carbocycles. The summed E-state index contributed by atoms with van der Waals surface area (Å²) in [6.45, 7) is 4.34. The van der Waals surface area contributed by atoms with Gasteiger partial charge in [0.1, 0.15) is 5.52 Å². The van der Waals surface area contributed by atoms with Crippen molar-refractivity contribution in [1.82, 2.24) is 14.8 Å². The Morgan fingerprint density at radius 3 is 2.71 bits per heavy atom. The van der Waals surface area contributed by atoms with Crippen LogP contribution in [0.2, 0.25) is 10.0 Å². The molecule has 3 aromatic rings. The molecule has 0 atom stereocenters. The monoisotopic (exact) mass is 319 g/mol. The minimum atomic E-state index is 0.513. The summed E-state index contributed by atoms with van der Waals surface area (Å²) in [4.78, 5) is 4.48. The minimum Gasteiger partial charge on any atom is -0.253 e. The predicted octanol–water partition coefficient (Wildman–Crippen LogP) is 4.93. The van der Waals surface area contributed by atoms with Crippen LogP contribution in [0.15, 0.2) is 36.5 Å². The summed E-state index contributed by atoms with van der Waals surface area (Å²) in [6, 6.07) is 9.33. The smallest absolute Gasteiger partial charge is 0.112 e. The van der Waals surface area contributed by atoms with Crippen LogP contribution in [-0.4, -0.2) is 14.8 Å². The SMILES string of the molecule is CC(C)Cc1nn(-c2ccc(Cl)cc2Cl)c2cccnc12. The number of benzene rings is 1. The number of nitrogens with zero attached hydrogens (tertiary/aromatic N) is 3. The highest BCUT2D eigenvalue weighted by molar-refractivity contribution is 6.35. The Hall–Kier alpha value is -1.58. The van der Waals surface area contributed by atoms with Gasteiger partial charge in [-0.2, -0.15) is 5.10 Å². The molecule has 5 heteroatoms. The summed E-state index contributed by atoms with van der Waals surface area (Å²) in [5, 5.41) is 5.90. The third kappa shape index (κ3) is 2.76. The normalized spacial score (nSPS) is 11.5. The van der Waals surface area contributed by atoms with Gasteiger partial charge in [-0.1, -0.05) is 37.0 Å². The van der Waals surface area contributed by atoms with Crippen molar-refractivity contribution in [3.8, 4) is 5.69 Å². The van der Waals surface area contributed by atoms with Gasteiger partial charge in [-0.3, -0.25) is 4.98 Å². The van der Waals surface area contributed by atoms with Crippen molar-refractivity contribution in [2.75, 3.05) is 0 Å². The molecule has 0 radical (unpaired) electrons. The minimum absolute atomic E-state index is 0.513. The fourth-order valence-corrected chi connectivity index (χ4v) is 2.86. The molecule has 0 spiro atoms. The zero-order valence-electron chi connectivity index (χ0n) is 11.8. The first-order valence-electron chi connectivity index (χ1n) is 6.84. The van der Waals surface area contributed by atoms with E-state index in [1.165, 1.54) is 0 Å². The molecule has 0 unspecified atom stereocenters. The lowest BCUT2D eigenvalue weighted by molar-refractivity contribution is 0.630. The Morgan fingerprint density at radius 1 is 1.19 bits per heavy atom. The van der Waals surface area contributed by atoms with E-state index in [0.29, 0.717) is 16.0 Å². The summed E-state index contributed by atoms with van der Waals surface area (Å²) in [5.74, 6) is 0.513. The summed E-state index contributed by atoms with van der Waals surface area (Å²) in [6.07, 6.45) is 2.67. The van der Waals surface area contributed by atoms with E-state index in [4.69, 9.17) is 28.3 Å². The third-order valence-electron chi connectivity index (χ3n) is 3.25. The molecular weight excluding hydrogens is 305 g/mol. The van der Waals surface area contributed by atoms with Crippen LogP contribution >= 0.6 is 23.2 Å². The topological polar surface area (TPSA) is 30.7 Å². The van der Waals surface area contributed by atoms with Crippen LogP contribution in [0.1, 0.15) is 19.5 Å². The lowest BCUT2D eigenvalue weighted by Gasteiger charge is -2.06. The fraction of sp³-hybridized carbons (Fsp3) is 0.250. The number of rotatable bonds is 3. The highest BCUT2D eigenvalue weighted by Gasteiger charge is 2.15. The van der Waals surface area contributed by atoms with E-state index >= 15 is 0 Å². The largest absolute Gasteiger partial charge is 0.253 e. The second-order valence-electron chi connectivity index (χ2n) is 5.42. The molecule has 0 fully saturated rings. The lowest BCUT2D eigenvalue weighted by Crippen LogP contribution is -2.00. The lowest BCUT2D eigenvalue weighted by atomic mass is 10.1. The molecule has 0 saturated carbocycles. The van der Waals surface area contributed by atoms with Gasteiger partial charge in [0.05, 0.1) is 21.9 Å². The average Bonchev–Trinajstić information content (AvgIpc) is 2.77. The maximum absolute atomic E-state index is 6.31. The van der Waals surface area contributed by atoms with E-state index in [1.54, 1.807) is 12.3 Å². The molecule has 0 saturated heterocycles. The Morgan fingerprint density at radius 2 is 2.00 bits per heavy atom. The molecule has 0 aliphatic heterocycles. The Kier molecular flexibility index (Phi) is 3.87. The van der Waals surface area contributed by atoms with Crippen LogP contribution in [0.4, 0.5) is 0 Å². The molecule has 108 valence electrons. The van der Waals surface area contributed by atoms with Gasteiger partial charge in [0.15, 0.2) is 0 Å². The predicted molar refractivity (Wildman–Crippen MR) is 87.4 cm³/mol. The van der Waals surface area contributed by atoms with Gasteiger partial charge in [0.25, 0.3) is 0 Å². The van der Waals surface area contributed by atoms with Crippen molar-refractivity contribution >= 4 is 34.2 Å². The summed E-state index contributed by atoms with van der Waals surface area (Å²) < 4.78 is 1.85. The molecule has 3 nitrogen and oxygen atoms in total. The quantitative estimate of drug-likeness (QED) is 0.685. The summed E-state index contributed by atoms with van der Waals surface area (Å²) >= 11 is 12.3. The zero-order chi connectivity index (χ0) is 15.0. The maximum atomic E-state index is 6.31. The molecule has 1 aromatic carbocycles. The van der Waals surface area contributed by atoms with Crippen LogP contribution in [0, 0.1) is 5.92 Å². The Labute approximate surface area is 133 Å². The number of pyridine rings is 1.